The van der Waals surface area contributed by atoms with Gasteiger partial charge in [0.1, 0.15) is 11.8 Å². The molecule has 0 fully saturated rings. The average molecular weight is 564 g/mol. The van der Waals surface area contributed by atoms with E-state index in [0.29, 0.717) is 40.8 Å². The molecule has 210 valence electrons. The fourth-order valence-corrected chi connectivity index (χ4v) is 5.08. The molecule has 0 radical (unpaired) electrons. The predicted molar refractivity (Wildman–Crippen MR) is 157 cm³/mol. The SMILES string of the molecule is CCOc1ccc(CN(C(=Nc2cccc(C)c2)Sc2ccc([N+](=O)[O-])cc2C=O)C(CC(C)C)C(=O)O)cc1. The maximum atomic E-state index is 12.7. The van der Waals surface area contributed by atoms with Crippen molar-refractivity contribution in [3.05, 3.63) is 93.5 Å². The van der Waals surface area contributed by atoms with Crippen LogP contribution in [-0.2, 0) is 11.3 Å². The van der Waals surface area contributed by atoms with Gasteiger partial charge >= 0.3 is 5.97 Å². The van der Waals surface area contributed by atoms with Crippen LogP contribution in [0.2, 0.25) is 0 Å². The van der Waals surface area contributed by atoms with Crippen LogP contribution in [0.1, 0.15) is 48.7 Å². The molecule has 3 rings (SSSR count). The quantitative estimate of drug-likeness (QED) is 0.0631. The Hall–Kier alpha value is -4.18. The van der Waals surface area contributed by atoms with E-state index in [9.17, 15) is 24.8 Å². The first kappa shape index (κ1) is 30.4. The van der Waals surface area contributed by atoms with E-state index < -0.39 is 16.9 Å². The summed E-state index contributed by atoms with van der Waals surface area (Å²) in [7, 11) is 0. The number of non-ortho nitro benzene ring substituents is 1. The number of carbonyl (C=O) groups excluding carboxylic acids is 1. The van der Waals surface area contributed by atoms with E-state index in [0.717, 1.165) is 22.9 Å². The number of rotatable bonds is 12. The van der Waals surface area contributed by atoms with Gasteiger partial charge in [-0.25, -0.2) is 9.79 Å². The summed E-state index contributed by atoms with van der Waals surface area (Å²) in [4.78, 5) is 42.3. The van der Waals surface area contributed by atoms with Crippen LogP contribution < -0.4 is 4.74 Å². The minimum absolute atomic E-state index is 0.0686. The van der Waals surface area contributed by atoms with Gasteiger partial charge in [-0.15, -0.1) is 0 Å². The number of amidine groups is 1. The number of ether oxygens (including phenoxy) is 1. The molecule has 0 spiro atoms. The van der Waals surface area contributed by atoms with Gasteiger partial charge in [0.15, 0.2) is 11.5 Å². The number of nitro groups is 1. The maximum Gasteiger partial charge on any atom is 0.326 e. The molecule has 3 aromatic carbocycles. The lowest BCUT2D eigenvalue weighted by Crippen LogP contribution is -2.44. The number of carboxylic acids is 1. The molecule has 0 aliphatic carbocycles. The van der Waals surface area contributed by atoms with Crippen LogP contribution in [0.4, 0.5) is 11.4 Å². The lowest BCUT2D eigenvalue weighted by Gasteiger charge is -2.33. The van der Waals surface area contributed by atoms with Gasteiger partial charge in [0.05, 0.1) is 17.2 Å². The largest absolute Gasteiger partial charge is 0.494 e. The van der Waals surface area contributed by atoms with Gasteiger partial charge in [0.25, 0.3) is 5.69 Å². The number of thioether (sulfide) groups is 1. The molecule has 10 heteroatoms. The first-order chi connectivity index (χ1) is 19.1. The van der Waals surface area contributed by atoms with Gasteiger partial charge < -0.3 is 14.7 Å². The number of aliphatic imine (C=N–C) groups is 1. The minimum Gasteiger partial charge on any atom is -0.494 e. The number of hydrogen-bond donors (Lipinski definition) is 1. The Kier molecular flexibility index (Phi) is 10.8. The van der Waals surface area contributed by atoms with Gasteiger partial charge in [0, 0.05) is 29.1 Å². The van der Waals surface area contributed by atoms with Crippen molar-refractivity contribution >= 4 is 40.6 Å². The molecule has 0 saturated carbocycles. The molecule has 0 bridgehead atoms. The third-order valence-electron chi connectivity index (χ3n) is 5.95. The summed E-state index contributed by atoms with van der Waals surface area (Å²) in [6.07, 6.45) is 0.903. The summed E-state index contributed by atoms with van der Waals surface area (Å²) in [5.41, 5.74) is 2.34. The molecule has 0 aliphatic rings. The Morgan fingerprint density at radius 2 is 1.88 bits per heavy atom. The number of hydrogen-bond acceptors (Lipinski definition) is 7. The van der Waals surface area contributed by atoms with Crippen molar-refractivity contribution in [2.75, 3.05) is 6.61 Å². The summed E-state index contributed by atoms with van der Waals surface area (Å²) in [5.74, 6) is -0.227. The fraction of sp³-hybridized carbons (Fsp3) is 0.300. The molecular weight excluding hydrogens is 530 g/mol. The molecular formula is C30H33N3O6S. The van der Waals surface area contributed by atoms with Crippen molar-refractivity contribution in [2.24, 2.45) is 10.9 Å². The maximum absolute atomic E-state index is 12.7. The van der Waals surface area contributed by atoms with E-state index in [1.807, 2.05) is 76.2 Å². The summed E-state index contributed by atoms with van der Waals surface area (Å²) in [5, 5.41) is 22.0. The Morgan fingerprint density at radius 3 is 2.45 bits per heavy atom. The highest BCUT2D eigenvalue weighted by Gasteiger charge is 2.31. The second-order valence-corrected chi connectivity index (χ2v) is 10.6. The van der Waals surface area contributed by atoms with Crippen molar-refractivity contribution in [1.82, 2.24) is 4.90 Å². The standard InChI is InChI=1S/C30H33N3O6S/c1-5-39-26-12-9-22(10-13-26)18-32(27(29(35)36)15-20(2)3)30(31-24-8-6-7-21(4)16-24)40-28-14-11-25(33(37)38)17-23(28)19-34/h6-14,16-17,19-20,27H,5,15,18H2,1-4H3,(H,35,36). The Labute approximate surface area is 238 Å². The zero-order chi connectivity index (χ0) is 29.2. The number of nitro benzene ring substituents is 1. The zero-order valence-corrected chi connectivity index (χ0v) is 23.8. The summed E-state index contributed by atoms with van der Waals surface area (Å²) < 4.78 is 5.56. The molecule has 0 heterocycles. The summed E-state index contributed by atoms with van der Waals surface area (Å²) in [6.45, 7) is 8.49. The summed E-state index contributed by atoms with van der Waals surface area (Å²) in [6, 6.07) is 18.0. The highest BCUT2D eigenvalue weighted by Crippen LogP contribution is 2.32. The molecule has 1 atom stereocenters. The Morgan fingerprint density at radius 1 is 1.15 bits per heavy atom. The highest BCUT2D eigenvalue weighted by atomic mass is 32.2. The van der Waals surface area contributed by atoms with E-state index in [4.69, 9.17) is 9.73 Å². The van der Waals surface area contributed by atoms with E-state index in [2.05, 4.69) is 0 Å². The molecule has 0 aromatic heterocycles. The number of benzene rings is 3. The van der Waals surface area contributed by atoms with E-state index in [-0.39, 0.29) is 23.7 Å². The topological polar surface area (TPSA) is 122 Å². The smallest absolute Gasteiger partial charge is 0.326 e. The first-order valence-electron chi connectivity index (χ1n) is 12.9. The Balaban J connectivity index is 2.17. The van der Waals surface area contributed by atoms with Crippen LogP contribution in [-0.4, -0.2) is 45.0 Å². The monoisotopic (exact) mass is 563 g/mol. The van der Waals surface area contributed by atoms with Gasteiger partial charge in [-0.1, -0.05) is 49.9 Å². The van der Waals surface area contributed by atoms with Crippen molar-refractivity contribution in [2.45, 2.75) is 51.6 Å². The third-order valence-corrected chi connectivity index (χ3v) is 7.05. The Bertz CT molecular complexity index is 1370. The second kappa shape index (κ2) is 14.3. The van der Waals surface area contributed by atoms with Gasteiger partial charge in [-0.2, -0.15) is 0 Å². The van der Waals surface area contributed by atoms with Crippen LogP contribution in [0.3, 0.4) is 0 Å². The number of aliphatic carboxylic acids is 1. The molecule has 0 saturated heterocycles. The fourth-order valence-electron chi connectivity index (χ4n) is 4.06. The highest BCUT2D eigenvalue weighted by molar-refractivity contribution is 8.13. The van der Waals surface area contributed by atoms with Crippen LogP contribution in [0.25, 0.3) is 0 Å². The van der Waals surface area contributed by atoms with Gasteiger partial charge in [0.2, 0.25) is 0 Å². The van der Waals surface area contributed by atoms with Crippen molar-refractivity contribution in [1.29, 1.82) is 0 Å². The first-order valence-corrected chi connectivity index (χ1v) is 13.7. The van der Waals surface area contributed by atoms with E-state index in [1.54, 1.807) is 4.90 Å². The average Bonchev–Trinajstić information content (AvgIpc) is 2.91. The molecule has 1 unspecified atom stereocenters. The molecule has 40 heavy (non-hydrogen) atoms. The number of carbonyl (C=O) groups is 2. The normalized spacial score (nSPS) is 12.2. The lowest BCUT2D eigenvalue weighted by molar-refractivity contribution is -0.384. The number of aldehydes is 1. The number of nitrogens with zero attached hydrogens (tertiary/aromatic N) is 3. The molecule has 9 nitrogen and oxygen atoms in total. The third kappa shape index (κ3) is 8.41. The molecule has 0 amide bonds. The van der Waals surface area contributed by atoms with Crippen LogP contribution in [0.15, 0.2) is 76.6 Å². The van der Waals surface area contributed by atoms with E-state index in [1.165, 1.54) is 18.2 Å². The predicted octanol–water partition coefficient (Wildman–Crippen LogP) is 6.90. The molecule has 1 N–H and O–H groups in total. The zero-order valence-electron chi connectivity index (χ0n) is 22.9. The lowest BCUT2D eigenvalue weighted by atomic mass is 10.0. The molecule has 3 aromatic rings. The minimum atomic E-state index is -1.00. The van der Waals surface area contributed by atoms with Crippen molar-refractivity contribution in [3.63, 3.8) is 0 Å². The second-order valence-electron chi connectivity index (χ2n) is 9.62. The van der Waals surface area contributed by atoms with Crippen LogP contribution >= 0.6 is 11.8 Å². The van der Waals surface area contributed by atoms with Gasteiger partial charge in [-0.05, 0) is 67.6 Å². The van der Waals surface area contributed by atoms with Gasteiger partial charge in [-0.3, -0.25) is 14.9 Å². The van der Waals surface area contributed by atoms with Crippen molar-refractivity contribution < 1.29 is 24.4 Å². The summed E-state index contributed by atoms with van der Waals surface area (Å²) >= 11 is 1.11. The molecule has 0 aliphatic heterocycles. The van der Waals surface area contributed by atoms with Crippen LogP contribution in [0, 0.1) is 23.0 Å². The van der Waals surface area contributed by atoms with E-state index >= 15 is 0 Å². The number of aryl methyl sites for hydroxylation is 1. The number of carboxylic acid groups (broad SMARTS) is 1. The van der Waals surface area contributed by atoms with Crippen molar-refractivity contribution in [3.8, 4) is 5.75 Å². The van der Waals surface area contributed by atoms with Crippen LogP contribution in [0.5, 0.6) is 5.75 Å².